The Balaban J connectivity index is 2.28. The Morgan fingerprint density at radius 3 is 2.42 bits per heavy atom. The first kappa shape index (κ1) is 16.8. The highest BCUT2D eigenvalue weighted by Crippen LogP contribution is 2.18. The minimum absolute atomic E-state index is 0.0533. The van der Waals surface area contributed by atoms with Crippen molar-refractivity contribution in [3.63, 3.8) is 0 Å². The standard InChI is InChI=1S/C10H21NO6S2/c12-5-7-17-6-1-4-11-19(15,16)10-2-8-18(13,14)9-3-10/h10-12H,1-9H2. The van der Waals surface area contributed by atoms with E-state index in [0.717, 1.165) is 0 Å². The lowest BCUT2D eigenvalue weighted by atomic mass is 10.2. The van der Waals surface area contributed by atoms with E-state index in [0.29, 0.717) is 13.0 Å². The molecule has 1 heterocycles. The van der Waals surface area contributed by atoms with Crippen molar-refractivity contribution in [1.82, 2.24) is 4.72 Å². The number of hydrogen-bond donors (Lipinski definition) is 2. The molecular weight excluding hydrogens is 294 g/mol. The van der Waals surface area contributed by atoms with Crippen LogP contribution in [0.2, 0.25) is 0 Å². The third-order valence-corrected chi connectivity index (χ3v) is 6.62. The molecular formula is C10H21NO6S2. The zero-order valence-corrected chi connectivity index (χ0v) is 12.4. The van der Waals surface area contributed by atoms with E-state index in [1.165, 1.54) is 0 Å². The van der Waals surface area contributed by atoms with Crippen LogP contribution in [0.25, 0.3) is 0 Å². The predicted molar refractivity (Wildman–Crippen MR) is 71.1 cm³/mol. The number of sulfonamides is 1. The van der Waals surface area contributed by atoms with Crippen LogP contribution in [-0.2, 0) is 24.6 Å². The maximum absolute atomic E-state index is 11.9. The molecule has 0 aromatic carbocycles. The van der Waals surface area contributed by atoms with E-state index in [-0.39, 0.29) is 44.1 Å². The number of ether oxygens (including phenoxy) is 1. The molecule has 2 N–H and O–H groups in total. The van der Waals surface area contributed by atoms with Gasteiger partial charge in [-0.05, 0) is 19.3 Å². The number of nitrogens with one attached hydrogen (secondary N) is 1. The van der Waals surface area contributed by atoms with E-state index in [4.69, 9.17) is 9.84 Å². The van der Waals surface area contributed by atoms with Crippen LogP contribution in [0.3, 0.4) is 0 Å². The third-order valence-electron chi connectivity index (χ3n) is 2.94. The van der Waals surface area contributed by atoms with Gasteiger partial charge in [-0.25, -0.2) is 21.6 Å². The van der Waals surface area contributed by atoms with Crippen molar-refractivity contribution < 1.29 is 26.7 Å². The van der Waals surface area contributed by atoms with Gasteiger partial charge in [-0.15, -0.1) is 0 Å². The Labute approximate surface area is 114 Å². The van der Waals surface area contributed by atoms with Gasteiger partial charge in [0.15, 0.2) is 0 Å². The first-order valence-electron chi connectivity index (χ1n) is 6.25. The van der Waals surface area contributed by atoms with Crippen LogP contribution in [0.15, 0.2) is 0 Å². The summed E-state index contributed by atoms with van der Waals surface area (Å²) in [5, 5.41) is 7.86. The highest BCUT2D eigenvalue weighted by molar-refractivity contribution is 7.92. The summed E-state index contributed by atoms with van der Waals surface area (Å²) in [5.41, 5.74) is 0. The first-order chi connectivity index (χ1) is 8.87. The van der Waals surface area contributed by atoms with E-state index < -0.39 is 25.1 Å². The number of aliphatic hydroxyl groups is 1. The number of sulfone groups is 1. The lowest BCUT2D eigenvalue weighted by molar-refractivity contribution is 0.0913. The van der Waals surface area contributed by atoms with Gasteiger partial charge in [0.05, 0.1) is 30.0 Å². The Bertz CT molecular complexity index is 444. The lowest BCUT2D eigenvalue weighted by Gasteiger charge is -2.22. The van der Waals surface area contributed by atoms with Crippen molar-refractivity contribution in [2.45, 2.75) is 24.5 Å². The fraction of sp³-hybridized carbons (Fsp3) is 1.00. The normalized spacial score (nSPS) is 20.5. The van der Waals surface area contributed by atoms with Crippen molar-refractivity contribution in [3.05, 3.63) is 0 Å². The number of aliphatic hydroxyl groups excluding tert-OH is 1. The van der Waals surface area contributed by atoms with Gasteiger partial charge in [-0.1, -0.05) is 0 Å². The fourth-order valence-corrected chi connectivity index (χ4v) is 5.16. The van der Waals surface area contributed by atoms with E-state index >= 15 is 0 Å². The van der Waals surface area contributed by atoms with Gasteiger partial charge in [0, 0.05) is 13.2 Å². The quantitative estimate of drug-likeness (QED) is 0.549. The molecule has 0 radical (unpaired) electrons. The third kappa shape index (κ3) is 6.17. The highest BCUT2D eigenvalue weighted by atomic mass is 32.2. The van der Waals surface area contributed by atoms with E-state index in [1.54, 1.807) is 0 Å². The van der Waals surface area contributed by atoms with Crippen molar-refractivity contribution in [2.24, 2.45) is 0 Å². The molecule has 0 saturated carbocycles. The van der Waals surface area contributed by atoms with Gasteiger partial charge in [-0.3, -0.25) is 0 Å². The van der Waals surface area contributed by atoms with Gasteiger partial charge in [0.25, 0.3) is 0 Å². The van der Waals surface area contributed by atoms with Gasteiger partial charge in [0.1, 0.15) is 9.84 Å². The summed E-state index contributed by atoms with van der Waals surface area (Å²) in [6.45, 7) is 0.828. The average Bonchev–Trinajstić information content (AvgIpc) is 2.33. The molecule has 1 fully saturated rings. The van der Waals surface area contributed by atoms with Gasteiger partial charge >= 0.3 is 0 Å². The van der Waals surface area contributed by atoms with Crippen molar-refractivity contribution in [2.75, 3.05) is 37.9 Å². The van der Waals surface area contributed by atoms with Gasteiger partial charge in [-0.2, -0.15) is 0 Å². The molecule has 0 bridgehead atoms. The second-order valence-electron chi connectivity index (χ2n) is 4.48. The summed E-state index contributed by atoms with van der Waals surface area (Å²) in [6.07, 6.45) is 0.849. The highest BCUT2D eigenvalue weighted by Gasteiger charge is 2.32. The molecule has 0 atom stereocenters. The molecule has 9 heteroatoms. The number of rotatable bonds is 8. The van der Waals surface area contributed by atoms with Crippen LogP contribution in [0.1, 0.15) is 19.3 Å². The summed E-state index contributed by atoms with van der Waals surface area (Å²) >= 11 is 0. The molecule has 1 saturated heterocycles. The maximum atomic E-state index is 11.9. The van der Waals surface area contributed by atoms with Crippen molar-refractivity contribution in [3.8, 4) is 0 Å². The molecule has 0 unspecified atom stereocenters. The van der Waals surface area contributed by atoms with Crippen LogP contribution in [0.4, 0.5) is 0 Å². The van der Waals surface area contributed by atoms with E-state index in [9.17, 15) is 16.8 Å². The van der Waals surface area contributed by atoms with Crippen LogP contribution in [-0.4, -0.2) is 65.1 Å². The Morgan fingerprint density at radius 2 is 1.84 bits per heavy atom. The summed E-state index contributed by atoms with van der Waals surface area (Å²) < 4.78 is 53.7. The van der Waals surface area contributed by atoms with Crippen molar-refractivity contribution in [1.29, 1.82) is 0 Å². The Morgan fingerprint density at radius 1 is 1.21 bits per heavy atom. The van der Waals surface area contributed by atoms with Crippen LogP contribution in [0, 0.1) is 0 Å². The topological polar surface area (TPSA) is 110 Å². The molecule has 1 rings (SSSR count). The number of hydrogen-bond acceptors (Lipinski definition) is 6. The fourth-order valence-electron chi connectivity index (χ4n) is 1.85. The molecule has 0 aromatic heterocycles. The molecule has 19 heavy (non-hydrogen) atoms. The monoisotopic (exact) mass is 315 g/mol. The molecule has 0 aromatic rings. The molecule has 7 nitrogen and oxygen atoms in total. The largest absolute Gasteiger partial charge is 0.394 e. The summed E-state index contributed by atoms with van der Waals surface area (Å²) in [5.74, 6) is -0.115. The van der Waals surface area contributed by atoms with E-state index in [1.807, 2.05) is 0 Å². The van der Waals surface area contributed by atoms with Crippen molar-refractivity contribution >= 4 is 19.9 Å². The minimum Gasteiger partial charge on any atom is -0.394 e. The zero-order valence-electron chi connectivity index (χ0n) is 10.7. The SMILES string of the molecule is O=S1(=O)CCC(S(=O)(=O)NCCCOCCO)CC1. The molecule has 0 spiro atoms. The molecule has 114 valence electrons. The maximum Gasteiger partial charge on any atom is 0.214 e. The summed E-state index contributed by atoms with van der Waals surface area (Å²) in [6, 6.07) is 0. The first-order valence-corrected chi connectivity index (χ1v) is 9.62. The molecule has 1 aliphatic heterocycles. The Kier molecular flexibility index (Phi) is 6.67. The van der Waals surface area contributed by atoms with E-state index in [2.05, 4.69) is 4.72 Å². The summed E-state index contributed by atoms with van der Waals surface area (Å²) in [7, 11) is -6.49. The molecule has 1 aliphatic rings. The van der Waals surface area contributed by atoms with Crippen LogP contribution >= 0.6 is 0 Å². The predicted octanol–water partition coefficient (Wildman–Crippen LogP) is -1.12. The average molecular weight is 315 g/mol. The zero-order chi connectivity index (χ0) is 14.4. The minimum atomic E-state index is -3.45. The second-order valence-corrected chi connectivity index (χ2v) is 8.83. The molecule has 0 aliphatic carbocycles. The summed E-state index contributed by atoms with van der Waals surface area (Å²) in [4.78, 5) is 0. The van der Waals surface area contributed by atoms with Gasteiger partial charge < -0.3 is 9.84 Å². The smallest absolute Gasteiger partial charge is 0.214 e. The van der Waals surface area contributed by atoms with Crippen LogP contribution < -0.4 is 4.72 Å². The lowest BCUT2D eigenvalue weighted by Crippen LogP contribution is -2.40. The van der Waals surface area contributed by atoms with Crippen LogP contribution in [0.5, 0.6) is 0 Å². The second kappa shape index (κ2) is 7.53. The molecule has 0 amide bonds. The Hall–Kier alpha value is -0.220. The van der Waals surface area contributed by atoms with Gasteiger partial charge in [0.2, 0.25) is 10.0 Å².